The van der Waals surface area contributed by atoms with Crippen molar-refractivity contribution in [3.05, 3.63) is 0 Å². The fraction of sp³-hybridized carbons (Fsp3) is 1.00. The van der Waals surface area contributed by atoms with Crippen LogP contribution in [0, 0.1) is 23.7 Å². The van der Waals surface area contributed by atoms with E-state index in [1.165, 1.54) is 77.0 Å². The molecule has 4 unspecified atom stereocenters. The highest BCUT2D eigenvalue weighted by Gasteiger charge is 2.46. The van der Waals surface area contributed by atoms with Crippen molar-refractivity contribution in [1.29, 1.82) is 0 Å². The van der Waals surface area contributed by atoms with E-state index >= 15 is 0 Å². The van der Waals surface area contributed by atoms with Gasteiger partial charge in [-0.05, 0) is 62.2 Å². The highest BCUT2D eigenvalue weighted by atomic mass is 16.6. The molecule has 1 aliphatic heterocycles. The quantitative estimate of drug-likeness (QED) is 0.180. The van der Waals surface area contributed by atoms with E-state index in [0.717, 1.165) is 5.92 Å². The molecule has 1 saturated carbocycles. The van der Waals surface area contributed by atoms with Crippen LogP contribution in [-0.4, -0.2) is 38.1 Å². The summed E-state index contributed by atoms with van der Waals surface area (Å²) < 4.78 is 17.9. The molecular formula is C27H52O3. The summed E-state index contributed by atoms with van der Waals surface area (Å²) in [4.78, 5) is 0. The Morgan fingerprint density at radius 2 is 1.57 bits per heavy atom. The van der Waals surface area contributed by atoms with Crippen LogP contribution in [-0.2, 0) is 14.2 Å². The van der Waals surface area contributed by atoms with Gasteiger partial charge in [0, 0.05) is 7.11 Å². The minimum Gasteiger partial charge on any atom is -0.382 e. The van der Waals surface area contributed by atoms with E-state index in [4.69, 9.17) is 14.2 Å². The molecule has 0 aromatic heterocycles. The largest absolute Gasteiger partial charge is 0.382 e. The van der Waals surface area contributed by atoms with Gasteiger partial charge in [0.1, 0.15) is 0 Å². The summed E-state index contributed by atoms with van der Waals surface area (Å²) in [5.74, 6) is 2.53. The monoisotopic (exact) mass is 424 g/mol. The number of fused-ring (bicyclic) bond motifs is 1. The second-order valence-corrected chi connectivity index (χ2v) is 10.7. The molecule has 3 nitrogen and oxygen atoms in total. The Balaban J connectivity index is 2.01. The maximum atomic E-state index is 6.77. The third-order valence-electron chi connectivity index (χ3n) is 8.02. The first-order valence-corrected chi connectivity index (χ1v) is 13.2. The predicted molar refractivity (Wildman–Crippen MR) is 127 cm³/mol. The zero-order valence-corrected chi connectivity index (χ0v) is 21.1. The molecule has 1 aliphatic carbocycles. The molecule has 0 spiro atoms. The van der Waals surface area contributed by atoms with Crippen LogP contribution in [0.2, 0.25) is 0 Å². The summed E-state index contributed by atoms with van der Waals surface area (Å²) in [6.07, 6.45) is 17.4. The zero-order chi connectivity index (χ0) is 22.0. The number of unbranched alkanes of at least 4 members (excludes halogenated alkanes) is 5. The van der Waals surface area contributed by atoms with E-state index in [-0.39, 0.29) is 5.60 Å². The van der Waals surface area contributed by atoms with Crippen LogP contribution in [0.3, 0.4) is 0 Å². The maximum absolute atomic E-state index is 6.77. The van der Waals surface area contributed by atoms with Gasteiger partial charge in [-0.25, -0.2) is 0 Å². The van der Waals surface area contributed by atoms with Crippen LogP contribution in [0.5, 0.6) is 0 Å². The van der Waals surface area contributed by atoms with Crippen LogP contribution in [0.4, 0.5) is 0 Å². The molecule has 0 amide bonds. The SMILES string of the molecule is CCCCCCCCC(CCC1CCC2OC2C1)C(OCCOC)(C(C)C)C(C)C. The molecule has 1 saturated heterocycles. The Bertz CT molecular complexity index is 439. The summed E-state index contributed by atoms with van der Waals surface area (Å²) in [7, 11) is 1.78. The average Bonchev–Trinajstić information content (AvgIpc) is 3.49. The first-order valence-electron chi connectivity index (χ1n) is 13.2. The number of hydrogen-bond donors (Lipinski definition) is 0. The number of methoxy groups -OCH3 is 1. The van der Waals surface area contributed by atoms with Crippen LogP contribution in [0.15, 0.2) is 0 Å². The number of hydrogen-bond acceptors (Lipinski definition) is 3. The van der Waals surface area contributed by atoms with Crippen molar-refractivity contribution < 1.29 is 14.2 Å². The van der Waals surface area contributed by atoms with Gasteiger partial charge >= 0.3 is 0 Å². The van der Waals surface area contributed by atoms with Crippen molar-refractivity contribution in [2.24, 2.45) is 23.7 Å². The number of ether oxygens (including phenoxy) is 3. The molecule has 30 heavy (non-hydrogen) atoms. The van der Waals surface area contributed by atoms with Crippen molar-refractivity contribution in [2.75, 3.05) is 20.3 Å². The summed E-state index contributed by atoms with van der Waals surface area (Å²) in [5, 5.41) is 0. The minimum atomic E-state index is -0.0464. The topological polar surface area (TPSA) is 31.0 Å². The smallest absolute Gasteiger partial charge is 0.0844 e. The number of epoxide rings is 1. The lowest BCUT2D eigenvalue weighted by Crippen LogP contribution is -2.51. The van der Waals surface area contributed by atoms with Gasteiger partial charge in [0.2, 0.25) is 0 Å². The third-order valence-corrected chi connectivity index (χ3v) is 8.02. The molecule has 4 atom stereocenters. The number of rotatable bonds is 17. The van der Waals surface area contributed by atoms with E-state index in [1.54, 1.807) is 7.11 Å². The molecule has 0 bridgehead atoms. The molecule has 178 valence electrons. The lowest BCUT2D eigenvalue weighted by atomic mass is 9.66. The molecule has 1 heterocycles. The van der Waals surface area contributed by atoms with Gasteiger partial charge in [0.25, 0.3) is 0 Å². The summed E-state index contributed by atoms with van der Waals surface area (Å²) in [6, 6.07) is 0. The molecule has 2 fully saturated rings. The third kappa shape index (κ3) is 7.48. The first-order chi connectivity index (χ1) is 14.5. The highest BCUT2D eigenvalue weighted by molar-refractivity contribution is 4.96. The zero-order valence-electron chi connectivity index (χ0n) is 21.1. The van der Waals surface area contributed by atoms with Gasteiger partial charge in [0.05, 0.1) is 31.0 Å². The summed E-state index contributed by atoms with van der Waals surface area (Å²) >= 11 is 0. The minimum absolute atomic E-state index is 0.0464. The van der Waals surface area contributed by atoms with Crippen molar-refractivity contribution in [3.63, 3.8) is 0 Å². The van der Waals surface area contributed by atoms with E-state index in [2.05, 4.69) is 34.6 Å². The molecular weight excluding hydrogens is 372 g/mol. The molecule has 3 heteroatoms. The Hall–Kier alpha value is -0.120. The average molecular weight is 425 g/mol. The van der Waals surface area contributed by atoms with Crippen LogP contribution >= 0.6 is 0 Å². The fourth-order valence-corrected chi connectivity index (χ4v) is 6.31. The Kier molecular flexibility index (Phi) is 11.7. The molecule has 0 radical (unpaired) electrons. The van der Waals surface area contributed by atoms with Crippen LogP contribution in [0.25, 0.3) is 0 Å². The highest BCUT2D eigenvalue weighted by Crippen LogP contribution is 2.46. The molecule has 0 aromatic carbocycles. The van der Waals surface area contributed by atoms with Crippen molar-refractivity contribution in [1.82, 2.24) is 0 Å². The first kappa shape index (κ1) is 26.1. The molecule has 0 aromatic rings. The molecule has 2 rings (SSSR count). The van der Waals surface area contributed by atoms with E-state index in [9.17, 15) is 0 Å². The Morgan fingerprint density at radius 3 is 2.20 bits per heavy atom. The van der Waals surface area contributed by atoms with Gasteiger partial charge in [-0.3, -0.25) is 0 Å². The predicted octanol–water partition coefficient (Wildman–Crippen LogP) is 7.41. The standard InChI is InChI=1S/C27H52O3/c1-7-8-9-10-11-12-13-24(16-14-23-15-17-25-26(20-23)30-25)27(21(2)3,22(4)5)29-19-18-28-6/h21-26H,7-20H2,1-6H3. The van der Waals surface area contributed by atoms with Gasteiger partial charge in [-0.2, -0.15) is 0 Å². The van der Waals surface area contributed by atoms with Gasteiger partial charge in [-0.15, -0.1) is 0 Å². The lowest BCUT2D eigenvalue weighted by molar-refractivity contribution is -0.161. The normalized spacial score (nSPS) is 25.0. The maximum Gasteiger partial charge on any atom is 0.0844 e. The Morgan fingerprint density at radius 1 is 0.867 bits per heavy atom. The van der Waals surface area contributed by atoms with Gasteiger partial charge < -0.3 is 14.2 Å². The second-order valence-electron chi connectivity index (χ2n) is 10.7. The van der Waals surface area contributed by atoms with Crippen LogP contribution in [0.1, 0.15) is 112 Å². The summed E-state index contributed by atoms with van der Waals surface area (Å²) in [6.45, 7) is 13.2. The fourth-order valence-electron chi connectivity index (χ4n) is 6.31. The van der Waals surface area contributed by atoms with Crippen LogP contribution < -0.4 is 0 Å². The van der Waals surface area contributed by atoms with E-state index in [0.29, 0.717) is 43.2 Å². The Labute approximate surface area is 188 Å². The lowest BCUT2D eigenvalue weighted by Gasteiger charge is -2.48. The second kappa shape index (κ2) is 13.4. The molecule has 0 N–H and O–H groups in total. The van der Waals surface area contributed by atoms with E-state index in [1.807, 2.05) is 0 Å². The van der Waals surface area contributed by atoms with Gasteiger partial charge in [0.15, 0.2) is 0 Å². The van der Waals surface area contributed by atoms with Crippen molar-refractivity contribution >= 4 is 0 Å². The van der Waals surface area contributed by atoms with Crippen molar-refractivity contribution in [3.8, 4) is 0 Å². The summed E-state index contributed by atoms with van der Waals surface area (Å²) in [5.41, 5.74) is -0.0464. The molecule has 2 aliphatic rings. The van der Waals surface area contributed by atoms with Gasteiger partial charge in [-0.1, -0.05) is 73.1 Å². The van der Waals surface area contributed by atoms with Crippen molar-refractivity contribution in [2.45, 2.75) is 129 Å². The van der Waals surface area contributed by atoms with E-state index < -0.39 is 0 Å².